The van der Waals surface area contributed by atoms with Crippen LogP contribution in [0, 0.1) is 0 Å². The van der Waals surface area contributed by atoms with Gasteiger partial charge in [-0.05, 0) is 49.6 Å². The molecular formula is C17H18ClNO. The van der Waals surface area contributed by atoms with Crippen LogP contribution >= 0.6 is 11.6 Å². The number of rotatable bonds is 2. The molecule has 0 saturated carbocycles. The molecule has 0 saturated heterocycles. The summed E-state index contributed by atoms with van der Waals surface area (Å²) in [5.74, 6) is 0. The Bertz CT molecular complexity index is 639. The lowest BCUT2D eigenvalue weighted by atomic mass is 10.1. The first kappa shape index (κ1) is 13.5. The van der Waals surface area contributed by atoms with Crippen molar-refractivity contribution in [3.8, 4) is 0 Å². The maximum atomic E-state index is 9.64. The number of hydrogen-bond donors (Lipinski definition) is 1. The predicted molar refractivity (Wildman–Crippen MR) is 83.8 cm³/mol. The molecule has 0 spiro atoms. The first-order valence-corrected chi connectivity index (χ1v) is 7.30. The fraction of sp³-hybridized carbons (Fsp3) is 0.294. The Balaban J connectivity index is 2.05. The number of halogens is 1. The largest absolute Gasteiger partial charge is 0.389 e. The molecule has 3 heteroatoms. The smallest absolute Gasteiger partial charge is 0.0762 e. The average molecular weight is 288 g/mol. The van der Waals surface area contributed by atoms with Gasteiger partial charge in [0.1, 0.15) is 0 Å². The molecule has 104 valence electrons. The Morgan fingerprint density at radius 3 is 2.65 bits per heavy atom. The molecular weight excluding hydrogens is 270 g/mol. The molecule has 2 atom stereocenters. The standard InChI is InChI=1S/C17H18ClNO/c1-11-9-14-5-3-4-6-16(14)19(11)17-8-7-13(12(2)20)10-15(17)18/h3-8,10-12,20H,9H2,1-2H3. The Morgan fingerprint density at radius 2 is 1.95 bits per heavy atom. The Kier molecular flexibility index (Phi) is 3.45. The van der Waals surface area contributed by atoms with Gasteiger partial charge >= 0.3 is 0 Å². The van der Waals surface area contributed by atoms with Crippen molar-refractivity contribution in [2.24, 2.45) is 0 Å². The maximum absolute atomic E-state index is 9.64. The van der Waals surface area contributed by atoms with Crippen molar-refractivity contribution in [1.29, 1.82) is 0 Å². The van der Waals surface area contributed by atoms with Gasteiger partial charge in [-0.25, -0.2) is 0 Å². The summed E-state index contributed by atoms with van der Waals surface area (Å²) in [5.41, 5.74) is 4.44. The van der Waals surface area contributed by atoms with Gasteiger partial charge in [0.25, 0.3) is 0 Å². The van der Waals surface area contributed by atoms with Gasteiger partial charge < -0.3 is 10.0 Å². The van der Waals surface area contributed by atoms with Gasteiger partial charge in [0.05, 0.1) is 16.8 Å². The van der Waals surface area contributed by atoms with Crippen LogP contribution < -0.4 is 4.90 Å². The van der Waals surface area contributed by atoms with E-state index in [1.54, 1.807) is 6.92 Å². The minimum atomic E-state index is -0.496. The number of hydrogen-bond acceptors (Lipinski definition) is 2. The Hall–Kier alpha value is -1.51. The van der Waals surface area contributed by atoms with Gasteiger partial charge in [0.15, 0.2) is 0 Å². The van der Waals surface area contributed by atoms with Gasteiger partial charge in [0.2, 0.25) is 0 Å². The van der Waals surface area contributed by atoms with E-state index in [0.29, 0.717) is 11.1 Å². The molecule has 1 aliphatic rings. The van der Waals surface area contributed by atoms with Crippen LogP contribution in [-0.2, 0) is 6.42 Å². The second-order valence-electron chi connectivity index (χ2n) is 5.44. The van der Waals surface area contributed by atoms with Gasteiger partial charge in [-0.2, -0.15) is 0 Å². The van der Waals surface area contributed by atoms with E-state index < -0.39 is 6.10 Å². The monoisotopic (exact) mass is 287 g/mol. The van der Waals surface area contributed by atoms with E-state index in [-0.39, 0.29) is 0 Å². The highest BCUT2D eigenvalue weighted by atomic mass is 35.5. The number of aliphatic hydroxyl groups excluding tert-OH is 1. The molecule has 1 heterocycles. The summed E-state index contributed by atoms with van der Waals surface area (Å²) in [6.07, 6.45) is 0.537. The van der Waals surface area contributed by atoms with Gasteiger partial charge in [0, 0.05) is 11.7 Å². The molecule has 2 nitrogen and oxygen atoms in total. The predicted octanol–water partition coefficient (Wildman–Crippen LogP) is 4.48. The van der Waals surface area contributed by atoms with Crippen LogP contribution in [0.15, 0.2) is 42.5 Å². The molecule has 3 rings (SSSR count). The highest BCUT2D eigenvalue weighted by Gasteiger charge is 2.28. The number of aliphatic hydroxyl groups is 1. The van der Waals surface area contributed by atoms with Crippen molar-refractivity contribution < 1.29 is 5.11 Å². The molecule has 0 aliphatic carbocycles. The van der Waals surface area contributed by atoms with E-state index in [2.05, 4.69) is 36.1 Å². The minimum Gasteiger partial charge on any atom is -0.389 e. The van der Waals surface area contributed by atoms with E-state index in [0.717, 1.165) is 17.7 Å². The van der Waals surface area contributed by atoms with Crippen molar-refractivity contribution in [3.05, 3.63) is 58.6 Å². The molecule has 0 aromatic heterocycles. The number of anilines is 2. The first-order valence-electron chi connectivity index (χ1n) is 6.92. The van der Waals surface area contributed by atoms with Crippen LogP contribution in [0.1, 0.15) is 31.1 Å². The highest BCUT2D eigenvalue weighted by Crippen LogP contribution is 2.41. The summed E-state index contributed by atoms with van der Waals surface area (Å²) < 4.78 is 0. The lowest BCUT2D eigenvalue weighted by Crippen LogP contribution is -2.24. The summed E-state index contributed by atoms with van der Waals surface area (Å²) in [6.45, 7) is 3.96. The van der Waals surface area contributed by atoms with E-state index in [4.69, 9.17) is 11.6 Å². The van der Waals surface area contributed by atoms with Crippen molar-refractivity contribution in [2.75, 3.05) is 4.90 Å². The second kappa shape index (κ2) is 5.12. The summed E-state index contributed by atoms with van der Waals surface area (Å²) >= 11 is 6.43. The van der Waals surface area contributed by atoms with E-state index >= 15 is 0 Å². The van der Waals surface area contributed by atoms with Crippen molar-refractivity contribution in [3.63, 3.8) is 0 Å². The van der Waals surface area contributed by atoms with Crippen LogP contribution in [-0.4, -0.2) is 11.1 Å². The Morgan fingerprint density at radius 1 is 1.20 bits per heavy atom. The molecule has 1 aliphatic heterocycles. The quantitative estimate of drug-likeness (QED) is 0.880. The normalized spacial score (nSPS) is 19.0. The SMILES string of the molecule is CC(O)c1ccc(N2c3ccccc3CC2C)c(Cl)c1. The molecule has 2 unspecified atom stereocenters. The van der Waals surface area contributed by atoms with E-state index in [1.807, 2.05) is 18.2 Å². The third-order valence-corrected chi connectivity index (χ3v) is 4.22. The van der Waals surface area contributed by atoms with Gasteiger partial charge in [-0.15, -0.1) is 0 Å². The minimum absolute atomic E-state index is 0.391. The number of fused-ring (bicyclic) bond motifs is 1. The van der Waals surface area contributed by atoms with Crippen LogP contribution in [0.3, 0.4) is 0 Å². The molecule has 20 heavy (non-hydrogen) atoms. The summed E-state index contributed by atoms with van der Waals surface area (Å²) in [7, 11) is 0. The van der Waals surface area contributed by atoms with Gasteiger partial charge in [-0.1, -0.05) is 35.9 Å². The fourth-order valence-electron chi connectivity index (χ4n) is 2.91. The zero-order chi connectivity index (χ0) is 14.3. The number of para-hydroxylation sites is 1. The van der Waals surface area contributed by atoms with E-state index in [9.17, 15) is 5.11 Å². The summed E-state index contributed by atoms with van der Waals surface area (Å²) in [5, 5.41) is 10.3. The van der Waals surface area contributed by atoms with E-state index in [1.165, 1.54) is 11.3 Å². The molecule has 2 aromatic rings. The zero-order valence-corrected chi connectivity index (χ0v) is 12.4. The molecule has 1 N–H and O–H groups in total. The number of nitrogens with zero attached hydrogens (tertiary/aromatic N) is 1. The first-order chi connectivity index (χ1) is 9.58. The van der Waals surface area contributed by atoms with Crippen molar-refractivity contribution in [1.82, 2.24) is 0 Å². The molecule has 0 amide bonds. The van der Waals surface area contributed by atoms with Crippen molar-refractivity contribution >= 4 is 23.0 Å². The summed E-state index contributed by atoms with van der Waals surface area (Å²) in [4.78, 5) is 2.28. The van der Waals surface area contributed by atoms with Crippen molar-refractivity contribution in [2.45, 2.75) is 32.4 Å². The van der Waals surface area contributed by atoms with Crippen LogP contribution in [0.4, 0.5) is 11.4 Å². The average Bonchev–Trinajstić information content (AvgIpc) is 2.74. The number of benzene rings is 2. The summed E-state index contributed by atoms with van der Waals surface area (Å²) in [6, 6.07) is 14.6. The molecule has 0 fully saturated rings. The lowest BCUT2D eigenvalue weighted by Gasteiger charge is -2.26. The topological polar surface area (TPSA) is 23.5 Å². The Labute approximate surface area is 124 Å². The third kappa shape index (κ3) is 2.19. The molecule has 0 radical (unpaired) electrons. The van der Waals surface area contributed by atoms with Crippen LogP contribution in [0.25, 0.3) is 0 Å². The fourth-order valence-corrected chi connectivity index (χ4v) is 3.19. The molecule has 2 aromatic carbocycles. The van der Waals surface area contributed by atoms with Crippen LogP contribution in [0.2, 0.25) is 5.02 Å². The zero-order valence-electron chi connectivity index (χ0n) is 11.7. The lowest BCUT2D eigenvalue weighted by molar-refractivity contribution is 0.199. The maximum Gasteiger partial charge on any atom is 0.0762 e. The highest BCUT2D eigenvalue weighted by molar-refractivity contribution is 6.33. The van der Waals surface area contributed by atoms with Crippen LogP contribution in [0.5, 0.6) is 0 Å². The third-order valence-electron chi connectivity index (χ3n) is 3.92. The molecule has 0 bridgehead atoms. The second-order valence-corrected chi connectivity index (χ2v) is 5.85. The van der Waals surface area contributed by atoms with Gasteiger partial charge in [-0.3, -0.25) is 0 Å².